The molecule has 1 N–H and O–H groups in total. The summed E-state index contributed by atoms with van der Waals surface area (Å²) in [7, 11) is 0. The number of hydrogen-bond donors (Lipinski definition) is 1. The Labute approximate surface area is 128 Å². The monoisotopic (exact) mass is 297 g/mol. The summed E-state index contributed by atoms with van der Waals surface area (Å²) in [6.45, 7) is 2.55. The Bertz CT molecular complexity index is 709. The lowest BCUT2D eigenvalue weighted by Crippen LogP contribution is -2.17. The molecule has 0 atom stereocenters. The van der Waals surface area contributed by atoms with Crippen molar-refractivity contribution >= 4 is 29.4 Å². The molecule has 0 bridgehead atoms. The van der Waals surface area contributed by atoms with Gasteiger partial charge in [0, 0.05) is 10.5 Å². The zero-order valence-corrected chi connectivity index (χ0v) is 12.4. The average Bonchev–Trinajstić information content (AvgIpc) is 2.50. The normalized spacial score (nSPS) is 15.5. The number of para-hydroxylation sites is 2. The smallest absolute Gasteiger partial charge is 0.262 e. The highest BCUT2D eigenvalue weighted by molar-refractivity contribution is 8.04. The van der Waals surface area contributed by atoms with E-state index in [1.54, 1.807) is 0 Å². The zero-order chi connectivity index (χ0) is 14.7. The first-order valence-corrected chi connectivity index (χ1v) is 7.61. The molecule has 106 valence electrons. The molecule has 1 amide bonds. The van der Waals surface area contributed by atoms with E-state index in [0.717, 1.165) is 21.9 Å². The average molecular weight is 297 g/mol. The third kappa shape index (κ3) is 2.95. The number of nitrogens with one attached hydrogen (secondary N) is 1. The summed E-state index contributed by atoms with van der Waals surface area (Å²) in [4.78, 5) is 13.9. The van der Waals surface area contributed by atoms with Crippen molar-refractivity contribution in [3.05, 3.63) is 59.0 Å². The summed E-state index contributed by atoms with van der Waals surface area (Å²) in [5.74, 6) is 0.713. The maximum atomic E-state index is 12.2. The predicted molar refractivity (Wildman–Crippen MR) is 86.5 cm³/mol. The zero-order valence-electron chi connectivity index (χ0n) is 11.6. The van der Waals surface area contributed by atoms with Gasteiger partial charge in [0.15, 0.2) is 0 Å². The molecule has 3 rings (SSSR count). The van der Waals surface area contributed by atoms with Crippen LogP contribution in [0.5, 0.6) is 5.75 Å². The van der Waals surface area contributed by atoms with Crippen molar-refractivity contribution in [1.82, 2.24) is 0 Å². The highest BCUT2D eigenvalue weighted by Gasteiger charge is 2.20. The molecule has 1 heterocycles. The van der Waals surface area contributed by atoms with E-state index in [4.69, 9.17) is 4.74 Å². The van der Waals surface area contributed by atoms with Gasteiger partial charge in [-0.25, -0.2) is 0 Å². The number of hydrogen-bond acceptors (Lipinski definition) is 3. The molecular weight excluding hydrogens is 282 g/mol. The lowest BCUT2D eigenvalue weighted by Gasteiger charge is -2.18. The summed E-state index contributed by atoms with van der Waals surface area (Å²) in [5, 5.41) is 2.91. The van der Waals surface area contributed by atoms with Crippen molar-refractivity contribution in [1.29, 1.82) is 0 Å². The number of fused-ring (bicyclic) bond motifs is 1. The van der Waals surface area contributed by atoms with Crippen molar-refractivity contribution in [3.63, 3.8) is 0 Å². The van der Waals surface area contributed by atoms with Gasteiger partial charge in [-0.2, -0.15) is 0 Å². The molecular formula is C17H15NO2S. The SMILES string of the molecule is CCOc1ccccc1C=C1Sc2ccccc2NC1=O. The van der Waals surface area contributed by atoms with Gasteiger partial charge in [0.05, 0.1) is 17.2 Å². The first kappa shape index (κ1) is 13.8. The van der Waals surface area contributed by atoms with Gasteiger partial charge in [0.1, 0.15) is 5.75 Å². The number of rotatable bonds is 3. The molecule has 2 aromatic carbocycles. The molecule has 0 aromatic heterocycles. The second-order valence-electron chi connectivity index (χ2n) is 4.53. The number of carbonyl (C=O) groups is 1. The van der Waals surface area contributed by atoms with E-state index >= 15 is 0 Å². The van der Waals surface area contributed by atoms with Crippen LogP contribution in [0, 0.1) is 0 Å². The maximum absolute atomic E-state index is 12.2. The maximum Gasteiger partial charge on any atom is 0.262 e. The molecule has 1 aliphatic heterocycles. The highest BCUT2D eigenvalue weighted by Crippen LogP contribution is 2.39. The van der Waals surface area contributed by atoms with Crippen LogP contribution in [-0.2, 0) is 4.79 Å². The molecule has 0 unspecified atom stereocenters. The van der Waals surface area contributed by atoms with Gasteiger partial charge >= 0.3 is 0 Å². The quantitative estimate of drug-likeness (QED) is 0.864. The van der Waals surface area contributed by atoms with Gasteiger partial charge in [-0.1, -0.05) is 42.1 Å². The standard InChI is InChI=1S/C17H15NO2S/c1-2-20-14-9-5-3-7-12(14)11-16-17(19)18-13-8-4-6-10-15(13)21-16/h3-11H,2H2,1H3,(H,18,19). The van der Waals surface area contributed by atoms with E-state index in [1.807, 2.05) is 61.5 Å². The van der Waals surface area contributed by atoms with Crippen LogP contribution in [0.15, 0.2) is 58.3 Å². The van der Waals surface area contributed by atoms with E-state index in [0.29, 0.717) is 11.5 Å². The molecule has 3 nitrogen and oxygen atoms in total. The predicted octanol–water partition coefficient (Wildman–Crippen LogP) is 4.17. The van der Waals surface area contributed by atoms with Gasteiger partial charge in [0.25, 0.3) is 5.91 Å². The molecule has 21 heavy (non-hydrogen) atoms. The summed E-state index contributed by atoms with van der Waals surface area (Å²) in [6.07, 6.45) is 1.88. The van der Waals surface area contributed by atoms with Gasteiger partial charge in [0.2, 0.25) is 0 Å². The fraction of sp³-hybridized carbons (Fsp3) is 0.118. The van der Waals surface area contributed by atoms with Gasteiger partial charge in [-0.05, 0) is 31.2 Å². The van der Waals surface area contributed by atoms with E-state index in [2.05, 4.69) is 5.32 Å². The first-order valence-electron chi connectivity index (χ1n) is 6.79. The minimum atomic E-state index is -0.0787. The van der Waals surface area contributed by atoms with Crippen molar-refractivity contribution < 1.29 is 9.53 Å². The topological polar surface area (TPSA) is 38.3 Å². The highest BCUT2D eigenvalue weighted by atomic mass is 32.2. The van der Waals surface area contributed by atoms with E-state index < -0.39 is 0 Å². The third-order valence-electron chi connectivity index (χ3n) is 3.08. The Morgan fingerprint density at radius 1 is 1.14 bits per heavy atom. The Morgan fingerprint density at radius 2 is 1.90 bits per heavy atom. The van der Waals surface area contributed by atoms with Crippen molar-refractivity contribution in [2.75, 3.05) is 11.9 Å². The fourth-order valence-corrected chi connectivity index (χ4v) is 3.07. The number of benzene rings is 2. The molecule has 0 saturated heterocycles. The second kappa shape index (κ2) is 6.06. The Hall–Kier alpha value is -2.20. The third-order valence-corrected chi connectivity index (χ3v) is 4.18. The van der Waals surface area contributed by atoms with Crippen molar-refractivity contribution in [2.24, 2.45) is 0 Å². The number of anilines is 1. The molecule has 1 aliphatic rings. The molecule has 0 radical (unpaired) electrons. The number of amides is 1. The summed E-state index contributed by atoms with van der Waals surface area (Å²) in [5.41, 5.74) is 1.78. The first-order chi connectivity index (χ1) is 10.3. The molecule has 0 aliphatic carbocycles. The molecule has 0 saturated carbocycles. The molecule has 2 aromatic rings. The van der Waals surface area contributed by atoms with Crippen LogP contribution in [0.4, 0.5) is 5.69 Å². The molecule has 4 heteroatoms. The van der Waals surface area contributed by atoms with Crippen LogP contribution in [0.25, 0.3) is 6.08 Å². The number of thioether (sulfide) groups is 1. The van der Waals surface area contributed by atoms with Gasteiger partial charge in [-0.3, -0.25) is 4.79 Å². The minimum absolute atomic E-state index is 0.0787. The van der Waals surface area contributed by atoms with E-state index in [1.165, 1.54) is 11.8 Å². The fourth-order valence-electron chi connectivity index (χ4n) is 2.13. The molecule has 0 spiro atoms. The largest absolute Gasteiger partial charge is 0.493 e. The molecule has 0 fully saturated rings. The summed E-state index contributed by atoms with van der Waals surface area (Å²) < 4.78 is 5.60. The van der Waals surface area contributed by atoms with Crippen LogP contribution < -0.4 is 10.1 Å². The lowest BCUT2D eigenvalue weighted by atomic mass is 10.2. The van der Waals surface area contributed by atoms with Crippen LogP contribution in [0.1, 0.15) is 12.5 Å². The number of carbonyl (C=O) groups excluding carboxylic acids is 1. The lowest BCUT2D eigenvalue weighted by molar-refractivity contribution is -0.112. The Balaban J connectivity index is 1.96. The van der Waals surface area contributed by atoms with Gasteiger partial charge < -0.3 is 10.1 Å². The second-order valence-corrected chi connectivity index (χ2v) is 5.62. The summed E-state index contributed by atoms with van der Waals surface area (Å²) in [6, 6.07) is 15.5. The summed E-state index contributed by atoms with van der Waals surface area (Å²) >= 11 is 1.48. The Kier molecular flexibility index (Phi) is 3.97. The van der Waals surface area contributed by atoms with Crippen LogP contribution in [0.3, 0.4) is 0 Å². The van der Waals surface area contributed by atoms with Gasteiger partial charge in [-0.15, -0.1) is 0 Å². The van der Waals surface area contributed by atoms with E-state index in [9.17, 15) is 4.79 Å². The van der Waals surface area contributed by atoms with Crippen molar-refractivity contribution in [3.8, 4) is 5.75 Å². The number of ether oxygens (including phenoxy) is 1. The van der Waals surface area contributed by atoms with Crippen LogP contribution in [-0.4, -0.2) is 12.5 Å². The van der Waals surface area contributed by atoms with Crippen molar-refractivity contribution in [2.45, 2.75) is 11.8 Å². The minimum Gasteiger partial charge on any atom is -0.493 e. The van der Waals surface area contributed by atoms with Crippen LogP contribution in [0.2, 0.25) is 0 Å². The Morgan fingerprint density at radius 3 is 2.76 bits per heavy atom. The van der Waals surface area contributed by atoms with E-state index in [-0.39, 0.29) is 5.91 Å². The van der Waals surface area contributed by atoms with Crippen LogP contribution >= 0.6 is 11.8 Å².